The molecule has 1 aromatic carbocycles. The van der Waals surface area contributed by atoms with Crippen molar-refractivity contribution in [1.82, 2.24) is 14.9 Å². The topological polar surface area (TPSA) is 87.3 Å². The predicted octanol–water partition coefficient (Wildman–Crippen LogP) is 4.35. The lowest BCUT2D eigenvalue weighted by Gasteiger charge is -2.40. The van der Waals surface area contributed by atoms with E-state index in [0.717, 1.165) is 36.0 Å². The third-order valence-electron chi connectivity index (χ3n) is 7.23. The van der Waals surface area contributed by atoms with Crippen LogP contribution >= 0.6 is 0 Å². The molecule has 0 radical (unpaired) electrons. The normalized spacial score (nSPS) is 22.0. The SMILES string of the molecule is COc1ccc(C2(C(=O)N3C[C@H](F)C[C@@H]3C(=O)Nc3ccc4cc[nH]c4n3)CCCCC2)cc1. The summed E-state index contributed by atoms with van der Waals surface area (Å²) in [5.74, 6) is 0.520. The molecule has 178 valence electrons. The number of halogens is 1. The van der Waals surface area contributed by atoms with E-state index in [9.17, 15) is 14.0 Å². The van der Waals surface area contributed by atoms with Crippen LogP contribution in [0.2, 0.25) is 0 Å². The van der Waals surface area contributed by atoms with Gasteiger partial charge in [-0.2, -0.15) is 0 Å². The van der Waals surface area contributed by atoms with Crippen molar-refractivity contribution in [1.29, 1.82) is 0 Å². The van der Waals surface area contributed by atoms with Crippen LogP contribution in [-0.2, 0) is 15.0 Å². The first-order valence-electron chi connectivity index (χ1n) is 11.8. The summed E-state index contributed by atoms with van der Waals surface area (Å²) in [6, 6.07) is 12.1. The number of pyridine rings is 1. The molecular weight excluding hydrogens is 435 g/mol. The molecule has 2 N–H and O–H groups in total. The van der Waals surface area contributed by atoms with E-state index in [-0.39, 0.29) is 18.9 Å². The molecule has 3 aromatic rings. The van der Waals surface area contributed by atoms with E-state index >= 15 is 0 Å². The van der Waals surface area contributed by atoms with Gasteiger partial charge in [0.15, 0.2) is 0 Å². The van der Waals surface area contributed by atoms with Crippen LogP contribution in [0.25, 0.3) is 11.0 Å². The van der Waals surface area contributed by atoms with Crippen molar-refractivity contribution in [3.63, 3.8) is 0 Å². The number of methoxy groups -OCH3 is 1. The number of amides is 2. The van der Waals surface area contributed by atoms with Gasteiger partial charge in [-0.25, -0.2) is 9.37 Å². The minimum absolute atomic E-state index is 0.0129. The molecule has 0 spiro atoms. The molecule has 34 heavy (non-hydrogen) atoms. The monoisotopic (exact) mass is 464 g/mol. The molecule has 1 aliphatic heterocycles. The lowest BCUT2D eigenvalue weighted by molar-refractivity contribution is -0.143. The summed E-state index contributed by atoms with van der Waals surface area (Å²) in [5.41, 5.74) is 0.800. The van der Waals surface area contributed by atoms with Crippen molar-refractivity contribution in [2.75, 3.05) is 19.0 Å². The molecule has 1 saturated carbocycles. The molecule has 2 atom stereocenters. The van der Waals surface area contributed by atoms with Crippen LogP contribution in [0.1, 0.15) is 44.1 Å². The van der Waals surface area contributed by atoms with Gasteiger partial charge in [-0.15, -0.1) is 0 Å². The lowest BCUT2D eigenvalue weighted by atomic mass is 9.68. The second-order valence-corrected chi connectivity index (χ2v) is 9.28. The first-order chi connectivity index (χ1) is 16.5. The predicted molar refractivity (Wildman–Crippen MR) is 127 cm³/mol. The highest BCUT2D eigenvalue weighted by Gasteiger charge is 2.49. The molecule has 8 heteroatoms. The van der Waals surface area contributed by atoms with Crippen LogP contribution in [-0.4, -0.2) is 52.6 Å². The van der Waals surface area contributed by atoms with Gasteiger partial charge in [-0.05, 0) is 48.7 Å². The molecule has 1 saturated heterocycles. The molecular formula is C26H29FN4O3. The Labute approximate surface area is 197 Å². The van der Waals surface area contributed by atoms with Crippen molar-refractivity contribution < 1.29 is 18.7 Å². The van der Waals surface area contributed by atoms with Crippen LogP contribution in [0.15, 0.2) is 48.7 Å². The smallest absolute Gasteiger partial charge is 0.248 e. The number of carbonyl (C=O) groups is 2. The van der Waals surface area contributed by atoms with Crippen molar-refractivity contribution in [3.8, 4) is 5.75 Å². The Hall–Kier alpha value is -3.42. The van der Waals surface area contributed by atoms with Gasteiger partial charge in [-0.3, -0.25) is 9.59 Å². The molecule has 5 rings (SSSR count). The lowest BCUT2D eigenvalue weighted by Crippen LogP contribution is -2.52. The maximum atomic E-state index is 14.6. The summed E-state index contributed by atoms with van der Waals surface area (Å²) in [7, 11) is 1.60. The largest absolute Gasteiger partial charge is 0.497 e. The number of ether oxygens (including phenoxy) is 1. The van der Waals surface area contributed by atoms with Crippen LogP contribution in [0.5, 0.6) is 5.75 Å². The first-order valence-corrected chi connectivity index (χ1v) is 11.8. The van der Waals surface area contributed by atoms with Crippen LogP contribution in [0, 0.1) is 0 Å². The summed E-state index contributed by atoms with van der Waals surface area (Å²) >= 11 is 0. The Bertz CT molecular complexity index is 1190. The van der Waals surface area contributed by atoms with E-state index < -0.39 is 23.5 Å². The zero-order chi connectivity index (χ0) is 23.7. The number of H-pyrrole nitrogens is 1. The Kier molecular flexibility index (Phi) is 5.98. The molecule has 2 amide bonds. The van der Waals surface area contributed by atoms with E-state index in [4.69, 9.17) is 4.74 Å². The van der Waals surface area contributed by atoms with Crippen LogP contribution in [0.4, 0.5) is 10.2 Å². The van der Waals surface area contributed by atoms with Crippen molar-refractivity contribution in [2.45, 2.75) is 56.2 Å². The van der Waals surface area contributed by atoms with Gasteiger partial charge in [0, 0.05) is 18.0 Å². The zero-order valence-electron chi connectivity index (χ0n) is 19.2. The zero-order valence-corrected chi connectivity index (χ0v) is 19.2. The summed E-state index contributed by atoms with van der Waals surface area (Å²) in [6.07, 6.45) is 4.79. The van der Waals surface area contributed by atoms with Crippen LogP contribution in [0.3, 0.4) is 0 Å². The number of likely N-dealkylation sites (tertiary alicyclic amines) is 1. The van der Waals surface area contributed by atoms with Crippen molar-refractivity contribution in [3.05, 3.63) is 54.2 Å². The van der Waals surface area contributed by atoms with Gasteiger partial charge in [0.1, 0.15) is 29.4 Å². The number of rotatable bonds is 5. The van der Waals surface area contributed by atoms with Gasteiger partial charge in [0.25, 0.3) is 0 Å². The average Bonchev–Trinajstić information content (AvgIpc) is 3.50. The number of nitrogens with zero attached hydrogens (tertiary/aromatic N) is 2. The number of anilines is 1. The maximum absolute atomic E-state index is 14.6. The van der Waals surface area contributed by atoms with E-state index in [1.165, 1.54) is 4.90 Å². The Morgan fingerprint density at radius 1 is 1.12 bits per heavy atom. The van der Waals surface area contributed by atoms with Crippen molar-refractivity contribution in [2.24, 2.45) is 0 Å². The van der Waals surface area contributed by atoms with Gasteiger partial charge in [-0.1, -0.05) is 31.4 Å². The third kappa shape index (κ3) is 4.02. The molecule has 0 unspecified atom stereocenters. The third-order valence-corrected chi connectivity index (χ3v) is 7.23. The van der Waals surface area contributed by atoms with E-state index in [0.29, 0.717) is 24.3 Å². The molecule has 7 nitrogen and oxygen atoms in total. The Morgan fingerprint density at radius 2 is 1.88 bits per heavy atom. The maximum Gasteiger partial charge on any atom is 0.248 e. The second-order valence-electron chi connectivity index (χ2n) is 9.28. The van der Waals surface area contributed by atoms with Gasteiger partial charge < -0.3 is 19.9 Å². The van der Waals surface area contributed by atoms with E-state index in [1.807, 2.05) is 36.4 Å². The Morgan fingerprint density at radius 3 is 2.62 bits per heavy atom. The molecule has 3 heterocycles. The number of aromatic nitrogens is 2. The molecule has 2 fully saturated rings. The van der Waals surface area contributed by atoms with Crippen LogP contribution < -0.4 is 10.1 Å². The molecule has 1 aliphatic carbocycles. The van der Waals surface area contributed by atoms with Gasteiger partial charge in [0.05, 0.1) is 19.1 Å². The number of carbonyl (C=O) groups excluding carboxylic acids is 2. The summed E-state index contributed by atoms with van der Waals surface area (Å²) in [6.45, 7) is -0.0715. The summed E-state index contributed by atoms with van der Waals surface area (Å²) in [5, 5.41) is 3.72. The minimum atomic E-state index is -1.24. The number of hydrogen-bond acceptors (Lipinski definition) is 4. The number of hydrogen-bond donors (Lipinski definition) is 2. The highest BCUT2D eigenvalue weighted by atomic mass is 19.1. The van der Waals surface area contributed by atoms with E-state index in [2.05, 4.69) is 15.3 Å². The molecule has 0 bridgehead atoms. The number of alkyl halides is 1. The number of aromatic amines is 1. The number of benzene rings is 1. The van der Waals surface area contributed by atoms with E-state index in [1.54, 1.807) is 19.4 Å². The van der Waals surface area contributed by atoms with Crippen molar-refractivity contribution >= 4 is 28.7 Å². The minimum Gasteiger partial charge on any atom is -0.497 e. The average molecular weight is 465 g/mol. The Balaban J connectivity index is 1.41. The molecule has 2 aliphatic rings. The standard InChI is InChI=1S/C26H29FN4O3/c1-34-20-8-6-18(7-9-20)26(12-3-2-4-13-26)25(33)31-16-19(27)15-21(31)24(32)30-22-10-5-17-11-14-28-23(17)29-22/h5-11,14,19,21H,2-4,12-13,15-16H2,1H3,(H2,28,29,30,32)/t19-,21-/m1/s1. The fourth-order valence-corrected chi connectivity index (χ4v) is 5.43. The second kappa shape index (κ2) is 9.08. The summed E-state index contributed by atoms with van der Waals surface area (Å²) in [4.78, 5) is 36.2. The number of fused-ring (bicyclic) bond motifs is 1. The molecule has 2 aromatic heterocycles. The number of nitrogens with one attached hydrogen (secondary N) is 2. The fraction of sp³-hybridized carbons (Fsp3) is 0.423. The highest BCUT2D eigenvalue weighted by Crippen LogP contribution is 2.43. The fourth-order valence-electron chi connectivity index (χ4n) is 5.43. The highest BCUT2D eigenvalue weighted by molar-refractivity contribution is 5.99. The summed E-state index contributed by atoms with van der Waals surface area (Å²) < 4.78 is 19.9. The first kappa shape index (κ1) is 22.4. The van der Waals surface area contributed by atoms with Gasteiger partial charge >= 0.3 is 0 Å². The quantitative estimate of drug-likeness (QED) is 0.588. The van der Waals surface area contributed by atoms with Gasteiger partial charge in [0.2, 0.25) is 11.8 Å².